The predicted molar refractivity (Wildman–Crippen MR) is 113 cm³/mol. The van der Waals surface area contributed by atoms with Crippen molar-refractivity contribution in [2.24, 2.45) is 0 Å². The number of likely N-dealkylation sites (tertiary alicyclic amines) is 1. The number of hydrogen-bond acceptors (Lipinski definition) is 5. The molecule has 6 nitrogen and oxygen atoms in total. The summed E-state index contributed by atoms with van der Waals surface area (Å²) in [5.41, 5.74) is 4.91. The smallest absolute Gasteiger partial charge is 0.410 e. The fourth-order valence-electron chi connectivity index (χ4n) is 5.51. The van der Waals surface area contributed by atoms with Crippen LogP contribution in [0.15, 0.2) is 42.5 Å². The Morgan fingerprint density at radius 2 is 2.07 bits per heavy atom. The third kappa shape index (κ3) is 2.90. The van der Waals surface area contributed by atoms with Crippen molar-refractivity contribution in [3.8, 4) is 5.75 Å². The van der Waals surface area contributed by atoms with Gasteiger partial charge in [-0.15, -0.1) is 0 Å². The van der Waals surface area contributed by atoms with Gasteiger partial charge in [-0.05, 0) is 54.8 Å². The number of carbonyl (C=O) groups excluding carboxylic acids is 1. The van der Waals surface area contributed by atoms with Gasteiger partial charge in [-0.25, -0.2) is 4.79 Å². The lowest BCUT2D eigenvalue weighted by Gasteiger charge is -2.32. The van der Waals surface area contributed by atoms with Gasteiger partial charge in [0.2, 0.25) is 0 Å². The van der Waals surface area contributed by atoms with Crippen LogP contribution in [-0.2, 0) is 11.8 Å². The second kappa shape index (κ2) is 6.75. The number of rotatable bonds is 2. The molecule has 2 aromatic carbocycles. The minimum Gasteiger partial charge on any atom is -0.410 e. The molecule has 2 aromatic rings. The summed E-state index contributed by atoms with van der Waals surface area (Å²) in [4.78, 5) is 17.4. The van der Waals surface area contributed by atoms with Crippen LogP contribution >= 0.6 is 0 Å². The zero-order valence-electron chi connectivity index (χ0n) is 17.2. The zero-order valence-corrected chi connectivity index (χ0v) is 17.2. The van der Waals surface area contributed by atoms with Gasteiger partial charge >= 0.3 is 6.09 Å². The number of benzene rings is 2. The van der Waals surface area contributed by atoms with Gasteiger partial charge in [0.25, 0.3) is 0 Å². The largest absolute Gasteiger partial charge is 0.414 e. The number of anilines is 1. The molecule has 0 spiro atoms. The highest BCUT2D eigenvalue weighted by molar-refractivity contribution is 5.73. The SMILES string of the molecule is CN1CC[C@@]2(C)c3cc(OC(=O)NC4NCCc5ccccc54)ccc3N(C)[C@@H]12. The van der Waals surface area contributed by atoms with Crippen LogP contribution in [0.25, 0.3) is 0 Å². The lowest BCUT2D eigenvalue weighted by atomic mass is 9.81. The number of fused-ring (bicyclic) bond motifs is 4. The minimum atomic E-state index is -0.434. The van der Waals surface area contributed by atoms with Crippen LogP contribution in [0, 0.1) is 0 Å². The van der Waals surface area contributed by atoms with E-state index in [-0.39, 0.29) is 11.6 Å². The monoisotopic (exact) mass is 392 g/mol. The van der Waals surface area contributed by atoms with E-state index < -0.39 is 6.09 Å². The van der Waals surface area contributed by atoms with Gasteiger partial charge in [0.1, 0.15) is 11.9 Å². The number of carbonyl (C=O) groups is 1. The maximum atomic E-state index is 12.6. The van der Waals surface area contributed by atoms with E-state index in [1.165, 1.54) is 16.8 Å². The first-order chi connectivity index (χ1) is 14.0. The Kier molecular flexibility index (Phi) is 4.29. The molecular weight excluding hydrogens is 364 g/mol. The van der Waals surface area contributed by atoms with Crippen molar-refractivity contribution < 1.29 is 9.53 Å². The quantitative estimate of drug-likeness (QED) is 0.823. The predicted octanol–water partition coefficient (Wildman–Crippen LogP) is 2.99. The average molecular weight is 393 g/mol. The first-order valence-corrected chi connectivity index (χ1v) is 10.3. The summed E-state index contributed by atoms with van der Waals surface area (Å²) < 4.78 is 5.69. The molecule has 3 aliphatic rings. The molecule has 2 N–H and O–H groups in total. The highest BCUT2D eigenvalue weighted by Crippen LogP contribution is 2.51. The number of nitrogens with one attached hydrogen (secondary N) is 2. The number of ether oxygens (including phenoxy) is 1. The van der Waals surface area contributed by atoms with Gasteiger partial charge < -0.3 is 15.0 Å². The molecule has 5 rings (SSSR count). The van der Waals surface area contributed by atoms with E-state index in [4.69, 9.17) is 4.74 Å². The van der Waals surface area contributed by atoms with Gasteiger partial charge in [-0.3, -0.25) is 10.2 Å². The summed E-state index contributed by atoms with van der Waals surface area (Å²) in [6, 6.07) is 14.2. The van der Waals surface area contributed by atoms with Crippen molar-refractivity contribution in [2.45, 2.75) is 37.5 Å². The molecule has 29 heavy (non-hydrogen) atoms. The van der Waals surface area contributed by atoms with Crippen LogP contribution in [0.2, 0.25) is 0 Å². The Labute approximate surface area is 171 Å². The van der Waals surface area contributed by atoms with E-state index in [0.29, 0.717) is 11.9 Å². The molecule has 1 amide bonds. The van der Waals surface area contributed by atoms with Crippen LogP contribution in [0.3, 0.4) is 0 Å². The van der Waals surface area contributed by atoms with E-state index in [0.717, 1.165) is 31.5 Å². The Bertz CT molecular complexity index is 962. The summed E-state index contributed by atoms with van der Waals surface area (Å²) in [6.07, 6.45) is 1.76. The number of nitrogens with zero attached hydrogens (tertiary/aromatic N) is 2. The van der Waals surface area contributed by atoms with Crippen LogP contribution in [0.1, 0.15) is 36.2 Å². The molecule has 1 unspecified atom stereocenters. The standard InChI is InChI=1S/C23H28N4O2/c1-23-11-13-26(2)21(23)27(3)19-9-8-16(14-18(19)23)29-22(28)25-20-17-7-5-4-6-15(17)10-12-24-20/h4-9,14,20-21,24H,10-13H2,1-3H3,(H,25,28)/t20?,21-,23+/m1/s1. The van der Waals surface area contributed by atoms with Crippen LogP contribution < -0.4 is 20.3 Å². The highest BCUT2D eigenvalue weighted by Gasteiger charge is 2.52. The molecule has 0 bridgehead atoms. The van der Waals surface area contributed by atoms with Gasteiger partial charge in [-0.2, -0.15) is 0 Å². The third-order valence-corrected chi connectivity index (χ3v) is 6.88. The molecule has 3 atom stereocenters. The molecule has 0 radical (unpaired) electrons. The number of hydrogen-bond donors (Lipinski definition) is 2. The van der Waals surface area contributed by atoms with Crippen molar-refractivity contribution in [1.82, 2.24) is 15.5 Å². The zero-order chi connectivity index (χ0) is 20.2. The van der Waals surface area contributed by atoms with E-state index in [1.54, 1.807) is 0 Å². The molecule has 1 saturated heterocycles. The summed E-state index contributed by atoms with van der Waals surface area (Å²) in [6.45, 7) is 4.22. The Balaban J connectivity index is 1.34. The van der Waals surface area contributed by atoms with Crippen molar-refractivity contribution in [1.29, 1.82) is 0 Å². The Morgan fingerprint density at radius 3 is 2.93 bits per heavy atom. The number of likely N-dealkylation sites (N-methyl/N-ethyl adjacent to an activating group) is 2. The lowest BCUT2D eigenvalue weighted by molar-refractivity contribution is 0.192. The van der Waals surface area contributed by atoms with Gasteiger partial charge in [0.05, 0.1) is 6.17 Å². The van der Waals surface area contributed by atoms with Crippen molar-refractivity contribution >= 4 is 11.8 Å². The Hall–Kier alpha value is -2.57. The maximum Gasteiger partial charge on any atom is 0.414 e. The molecule has 0 saturated carbocycles. The van der Waals surface area contributed by atoms with E-state index in [9.17, 15) is 4.79 Å². The van der Waals surface area contributed by atoms with Crippen LogP contribution in [0.5, 0.6) is 5.75 Å². The van der Waals surface area contributed by atoms with Crippen molar-refractivity contribution in [3.05, 3.63) is 59.2 Å². The van der Waals surface area contributed by atoms with Gasteiger partial charge in [0, 0.05) is 31.2 Å². The molecule has 1 fully saturated rings. The maximum absolute atomic E-state index is 12.6. The van der Waals surface area contributed by atoms with Crippen LogP contribution in [-0.4, -0.2) is 44.3 Å². The molecule has 0 aliphatic carbocycles. The molecule has 3 heterocycles. The van der Waals surface area contributed by atoms with E-state index in [2.05, 4.69) is 59.7 Å². The van der Waals surface area contributed by atoms with E-state index in [1.807, 2.05) is 24.3 Å². The molecular formula is C23H28N4O2. The molecule has 152 valence electrons. The van der Waals surface area contributed by atoms with E-state index >= 15 is 0 Å². The molecule has 0 aromatic heterocycles. The fourth-order valence-corrected chi connectivity index (χ4v) is 5.51. The lowest BCUT2D eigenvalue weighted by Crippen LogP contribution is -2.45. The summed E-state index contributed by atoms with van der Waals surface area (Å²) >= 11 is 0. The average Bonchev–Trinajstić information content (AvgIpc) is 3.14. The molecule has 6 heteroatoms. The summed E-state index contributed by atoms with van der Waals surface area (Å²) in [5, 5.41) is 6.33. The third-order valence-electron chi connectivity index (χ3n) is 6.88. The fraction of sp³-hybridized carbons (Fsp3) is 0.435. The highest BCUT2D eigenvalue weighted by atomic mass is 16.6. The van der Waals surface area contributed by atoms with Crippen LogP contribution in [0.4, 0.5) is 10.5 Å². The minimum absolute atomic E-state index is 0.0541. The summed E-state index contributed by atoms with van der Waals surface area (Å²) in [5.74, 6) is 0.593. The van der Waals surface area contributed by atoms with Gasteiger partial charge in [0.15, 0.2) is 0 Å². The van der Waals surface area contributed by atoms with Crippen molar-refractivity contribution in [3.63, 3.8) is 0 Å². The second-order valence-electron chi connectivity index (χ2n) is 8.68. The number of amides is 1. The topological polar surface area (TPSA) is 56.8 Å². The first kappa shape index (κ1) is 18.5. The Morgan fingerprint density at radius 1 is 1.24 bits per heavy atom. The second-order valence-corrected chi connectivity index (χ2v) is 8.68. The summed E-state index contributed by atoms with van der Waals surface area (Å²) in [7, 11) is 4.33. The van der Waals surface area contributed by atoms with Gasteiger partial charge in [-0.1, -0.05) is 31.2 Å². The molecule has 3 aliphatic heterocycles. The van der Waals surface area contributed by atoms with Crippen molar-refractivity contribution in [2.75, 3.05) is 32.1 Å². The first-order valence-electron chi connectivity index (χ1n) is 10.3. The normalized spacial score (nSPS) is 27.9.